The van der Waals surface area contributed by atoms with Crippen LogP contribution in [0.15, 0.2) is 53.0 Å². The van der Waals surface area contributed by atoms with Gasteiger partial charge >= 0.3 is 0 Å². The second-order valence-electron chi connectivity index (χ2n) is 8.26. The first-order valence-corrected chi connectivity index (χ1v) is 11.0. The van der Waals surface area contributed by atoms with Gasteiger partial charge in [-0.1, -0.05) is 57.2 Å². The number of carbonyl (C=O) groups excluding carboxylic acids is 2. The smallest absolute Gasteiger partial charge is 0.261 e. The summed E-state index contributed by atoms with van der Waals surface area (Å²) in [5.74, 6) is 0.170. The average molecular weight is 475 g/mol. The number of likely N-dealkylation sites (N-methyl/N-ethyl adjacent to an activating group) is 1. The molecule has 162 valence electrons. The topological polar surface area (TPSA) is 58.6 Å². The summed E-state index contributed by atoms with van der Waals surface area (Å²) in [6.45, 7) is 10.7. The Balaban J connectivity index is 2.14. The van der Waals surface area contributed by atoms with E-state index in [0.717, 1.165) is 10.0 Å². The number of nitrogens with zero attached hydrogens (tertiary/aromatic N) is 1. The van der Waals surface area contributed by atoms with Gasteiger partial charge in [0.05, 0.1) is 4.47 Å². The highest BCUT2D eigenvalue weighted by Crippen LogP contribution is 2.31. The predicted molar refractivity (Wildman–Crippen MR) is 123 cm³/mol. The van der Waals surface area contributed by atoms with Gasteiger partial charge in [0.1, 0.15) is 11.8 Å². The molecule has 0 aliphatic rings. The molecule has 0 heterocycles. The molecule has 0 spiro atoms. The normalized spacial score (nSPS) is 12.2. The van der Waals surface area contributed by atoms with Crippen LogP contribution in [0.2, 0.25) is 0 Å². The third-order valence-electron chi connectivity index (χ3n) is 4.86. The van der Waals surface area contributed by atoms with Gasteiger partial charge in [-0.25, -0.2) is 0 Å². The van der Waals surface area contributed by atoms with Crippen molar-refractivity contribution >= 4 is 27.7 Å². The van der Waals surface area contributed by atoms with Crippen molar-refractivity contribution in [3.05, 3.63) is 64.1 Å². The summed E-state index contributed by atoms with van der Waals surface area (Å²) >= 11 is 3.54. The number of nitrogens with one attached hydrogen (secondary N) is 1. The highest BCUT2D eigenvalue weighted by molar-refractivity contribution is 9.10. The lowest BCUT2D eigenvalue weighted by Crippen LogP contribution is -2.49. The van der Waals surface area contributed by atoms with Gasteiger partial charge in [-0.3, -0.25) is 9.59 Å². The van der Waals surface area contributed by atoms with Crippen LogP contribution in [-0.4, -0.2) is 35.9 Å². The summed E-state index contributed by atoms with van der Waals surface area (Å²) < 4.78 is 6.61. The minimum Gasteiger partial charge on any atom is -0.483 e. The van der Waals surface area contributed by atoms with Gasteiger partial charge in [-0.2, -0.15) is 0 Å². The SMILES string of the molecule is CCNC(=O)[C@H](C)N(Cc1ccccc1)C(=O)COc1ccc(C(C)(C)C)cc1Br. The number of ether oxygens (including phenoxy) is 1. The third kappa shape index (κ3) is 6.59. The van der Waals surface area contributed by atoms with Gasteiger partial charge in [-0.15, -0.1) is 0 Å². The second kappa shape index (κ2) is 10.6. The standard InChI is InChI=1S/C24H31BrN2O3/c1-6-26-23(29)17(2)27(15-18-10-8-7-9-11-18)22(28)16-30-21-13-12-19(14-20(21)25)24(3,4)5/h7-14,17H,6,15-16H2,1-5H3,(H,26,29)/t17-/m0/s1. The number of amides is 2. The molecule has 0 aliphatic heterocycles. The van der Waals surface area contributed by atoms with Gasteiger partial charge in [-0.05, 0) is 58.5 Å². The van der Waals surface area contributed by atoms with Crippen LogP contribution in [0.1, 0.15) is 45.7 Å². The number of hydrogen-bond donors (Lipinski definition) is 1. The van der Waals surface area contributed by atoms with E-state index in [1.807, 2.05) is 55.5 Å². The summed E-state index contributed by atoms with van der Waals surface area (Å²) in [5, 5.41) is 2.79. The molecule has 2 aromatic rings. The van der Waals surface area contributed by atoms with Crippen molar-refractivity contribution in [2.45, 2.75) is 52.6 Å². The van der Waals surface area contributed by atoms with Crippen LogP contribution < -0.4 is 10.1 Å². The fraction of sp³-hybridized carbons (Fsp3) is 0.417. The van der Waals surface area contributed by atoms with Crippen LogP contribution in [0.3, 0.4) is 0 Å². The van der Waals surface area contributed by atoms with E-state index in [1.54, 1.807) is 11.8 Å². The molecule has 0 saturated heterocycles. The molecule has 30 heavy (non-hydrogen) atoms. The van der Waals surface area contributed by atoms with Gasteiger partial charge in [0.25, 0.3) is 5.91 Å². The Morgan fingerprint density at radius 2 is 1.80 bits per heavy atom. The molecular formula is C24H31BrN2O3. The average Bonchev–Trinajstić information content (AvgIpc) is 2.70. The highest BCUT2D eigenvalue weighted by Gasteiger charge is 2.26. The number of carbonyl (C=O) groups is 2. The van der Waals surface area contributed by atoms with Crippen molar-refractivity contribution < 1.29 is 14.3 Å². The first-order chi connectivity index (χ1) is 14.1. The van der Waals surface area contributed by atoms with Crippen molar-refractivity contribution in [1.29, 1.82) is 0 Å². The van der Waals surface area contributed by atoms with Gasteiger partial charge < -0.3 is 15.0 Å². The van der Waals surface area contributed by atoms with Crippen LogP contribution in [-0.2, 0) is 21.5 Å². The Morgan fingerprint density at radius 1 is 1.13 bits per heavy atom. The predicted octanol–water partition coefficient (Wildman–Crippen LogP) is 4.68. The number of halogens is 1. The molecule has 0 bridgehead atoms. The summed E-state index contributed by atoms with van der Waals surface area (Å²) in [5.41, 5.74) is 2.15. The molecule has 2 aromatic carbocycles. The quantitative estimate of drug-likeness (QED) is 0.603. The maximum atomic E-state index is 13.0. The van der Waals surface area contributed by atoms with Crippen LogP contribution in [0.25, 0.3) is 0 Å². The van der Waals surface area contributed by atoms with Gasteiger partial charge in [0.2, 0.25) is 5.91 Å². The third-order valence-corrected chi connectivity index (χ3v) is 5.48. The van der Waals surface area contributed by atoms with Crippen LogP contribution >= 0.6 is 15.9 Å². The van der Waals surface area contributed by atoms with Crippen LogP contribution in [0, 0.1) is 0 Å². The number of benzene rings is 2. The zero-order valence-corrected chi connectivity index (χ0v) is 20.0. The van der Waals surface area contributed by atoms with E-state index < -0.39 is 6.04 Å². The fourth-order valence-electron chi connectivity index (χ4n) is 2.99. The van der Waals surface area contributed by atoms with E-state index in [-0.39, 0.29) is 23.8 Å². The minimum atomic E-state index is -0.604. The molecular weight excluding hydrogens is 444 g/mol. The summed E-state index contributed by atoms with van der Waals surface area (Å²) in [6, 6.07) is 14.9. The molecule has 2 amide bonds. The maximum Gasteiger partial charge on any atom is 0.261 e. The van der Waals surface area contributed by atoms with Crippen molar-refractivity contribution in [1.82, 2.24) is 10.2 Å². The van der Waals surface area contributed by atoms with Gasteiger partial charge in [0.15, 0.2) is 6.61 Å². The molecule has 0 unspecified atom stereocenters. The Labute approximate surface area is 187 Å². The van der Waals surface area contributed by atoms with Crippen LogP contribution in [0.4, 0.5) is 0 Å². The lowest BCUT2D eigenvalue weighted by atomic mass is 9.87. The summed E-state index contributed by atoms with van der Waals surface area (Å²) in [4.78, 5) is 27.0. The Morgan fingerprint density at radius 3 is 2.37 bits per heavy atom. The van der Waals surface area contributed by atoms with Crippen molar-refractivity contribution in [2.75, 3.05) is 13.2 Å². The number of hydrogen-bond acceptors (Lipinski definition) is 3. The molecule has 0 aliphatic carbocycles. The van der Waals surface area contributed by atoms with Crippen molar-refractivity contribution in [3.8, 4) is 5.75 Å². The highest BCUT2D eigenvalue weighted by atomic mass is 79.9. The lowest BCUT2D eigenvalue weighted by molar-refractivity contribution is -0.142. The Hall–Kier alpha value is -2.34. The molecule has 0 radical (unpaired) electrons. The molecule has 0 fully saturated rings. The monoisotopic (exact) mass is 474 g/mol. The molecule has 6 heteroatoms. The number of rotatable bonds is 8. The molecule has 0 aromatic heterocycles. The van der Waals surface area contributed by atoms with E-state index in [4.69, 9.17) is 4.74 Å². The molecule has 5 nitrogen and oxygen atoms in total. The lowest BCUT2D eigenvalue weighted by Gasteiger charge is -2.28. The maximum absolute atomic E-state index is 13.0. The molecule has 2 rings (SSSR count). The molecule has 1 atom stereocenters. The van der Waals surface area contributed by atoms with E-state index in [1.165, 1.54) is 5.56 Å². The summed E-state index contributed by atoms with van der Waals surface area (Å²) in [7, 11) is 0. The largest absolute Gasteiger partial charge is 0.483 e. The first-order valence-electron chi connectivity index (χ1n) is 10.2. The molecule has 1 N–H and O–H groups in total. The van der Waals surface area contributed by atoms with E-state index in [2.05, 4.69) is 42.0 Å². The van der Waals surface area contributed by atoms with Crippen LogP contribution in [0.5, 0.6) is 5.75 Å². The minimum absolute atomic E-state index is 0.0193. The molecule has 0 saturated carbocycles. The second-order valence-corrected chi connectivity index (χ2v) is 9.12. The van der Waals surface area contributed by atoms with Gasteiger partial charge in [0, 0.05) is 13.1 Å². The van der Waals surface area contributed by atoms with E-state index in [9.17, 15) is 9.59 Å². The zero-order chi connectivity index (χ0) is 22.3. The fourth-order valence-corrected chi connectivity index (χ4v) is 3.48. The zero-order valence-electron chi connectivity index (χ0n) is 18.4. The van der Waals surface area contributed by atoms with Crippen molar-refractivity contribution in [2.24, 2.45) is 0 Å². The van der Waals surface area contributed by atoms with Crippen molar-refractivity contribution in [3.63, 3.8) is 0 Å². The Bertz CT molecular complexity index is 862. The van der Waals surface area contributed by atoms with E-state index in [0.29, 0.717) is 18.8 Å². The first kappa shape index (κ1) is 23.9. The summed E-state index contributed by atoms with van der Waals surface area (Å²) in [6.07, 6.45) is 0. The van der Waals surface area contributed by atoms with E-state index >= 15 is 0 Å². The Kier molecular flexibility index (Phi) is 8.47.